The van der Waals surface area contributed by atoms with Gasteiger partial charge in [-0.2, -0.15) is 0 Å². The van der Waals surface area contributed by atoms with Gasteiger partial charge in [-0.15, -0.1) is 0 Å². The fourth-order valence-corrected chi connectivity index (χ4v) is 4.11. The van der Waals surface area contributed by atoms with Gasteiger partial charge in [0.15, 0.2) is 0 Å². The van der Waals surface area contributed by atoms with E-state index in [-0.39, 0.29) is 34.0 Å². The maximum absolute atomic E-state index is 13.1. The first-order valence-corrected chi connectivity index (χ1v) is 12.4. The summed E-state index contributed by atoms with van der Waals surface area (Å²) in [5, 5.41) is 5.50. The molecule has 194 valence electrons. The predicted molar refractivity (Wildman–Crippen MR) is 146 cm³/mol. The van der Waals surface area contributed by atoms with E-state index in [9.17, 15) is 19.2 Å². The van der Waals surface area contributed by atoms with Crippen LogP contribution in [-0.2, 0) is 20.7 Å². The zero-order valence-corrected chi connectivity index (χ0v) is 21.8. The Hall–Kier alpha value is -4.43. The molecular formula is C29H26ClN3O5. The summed E-state index contributed by atoms with van der Waals surface area (Å²) >= 11 is 6.24. The summed E-state index contributed by atoms with van der Waals surface area (Å²) in [5.41, 5.74) is 2.93. The van der Waals surface area contributed by atoms with Crippen LogP contribution in [0.5, 0.6) is 0 Å². The molecule has 0 atom stereocenters. The highest BCUT2D eigenvalue weighted by molar-refractivity contribution is 6.53. The molecule has 3 aromatic rings. The summed E-state index contributed by atoms with van der Waals surface area (Å²) in [7, 11) is 0. The van der Waals surface area contributed by atoms with Gasteiger partial charge >= 0.3 is 5.97 Å². The topological polar surface area (TPSA) is 105 Å². The molecular weight excluding hydrogens is 506 g/mol. The molecule has 0 aliphatic carbocycles. The van der Waals surface area contributed by atoms with Crippen molar-refractivity contribution in [3.8, 4) is 0 Å². The van der Waals surface area contributed by atoms with Crippen LogP contribution >= 0.6 is 11.6 Å². The average molecular weight is 532 g/mol. The van der Waals surface area contributed by atoms with E-state index in [1.807, 2.05) is 31.2 Å². The molecule has 8 nitrogen and oxygen atoms in total. The van der Waals surface area contributed by atoms with E-state index in [2.05, 4.69) is 10.6 Å². The summed E-state index contributed by atoms with van der Waals surface area (Å²) in [4.78, 5) is 51.9. The number of carbonyl (C=O) groups is 4. The van der Waals surface area contributed by atoms with Gasteiger partial charge in [0.05, 0.1) is 17.4 Å². The number of esters is 1. The highest BCUT2D eigenvalue weighted by atomic mass is 35.5. The van der Waals surface area contributed by atoms with Gasteiger partial charge in [0.1, 0.15) is 10.7 Å². The number of nitrogens with zero attached hydrogens (tertiary/aromatic N) is 1. The first-order valence-electron chi connectivity index (χ1n) is 12.1. The van der Waals surface area contributed by atoms with Crippen molar-refractivity contribution in [2.75, 3.05) is 15.5 Å². The highest BCUT2D eigenvalue weighted by Crippen LogP contribution is 2.31. The van der Waals surface area contributed by atoms with Crippen LogP contribution in [0, 0.1) is 0 Å². The van der Waals surface area contributed by atoms with Gasteiger partial charge in [-0.25, -0.2) is 9.69 Å². The summed E-state index contributed by atoms with van der Waals surface area (Å²) in [6.45, 7) is 5.46. The van der Waals surface area contributed by atoms with Crippen molar-refractivity contribution in [2.45, 2.75) is 33.3 Å². The van der Waals surface area contributed by atoms with Gasteiger partial charge in [-0.1, -0.05) is 42.8 Å². The number of ether oxygens (including phenoxy) is 1. The first kappa shape index (κ1) is 26.6. The van der Waals surface area contributed by atoms with Crippen LogP contribution in [0.3, 0.4) is 0 Å². The van der Waals surface area contributed by atoms with Crippen molar-refractivity contribution in [2.24, 2.45) is 0 Å². The Morgan fingerprint density at radius 2 is 1.63 bits per heavy atom. The molecule has 0 saturated heterocycles. The summed E-state index contributed by atoms with van der Waals surface area (Å²) < 4.78 is 5.20. The number of aryl methyl sites for hydroxylation is 1. The van der Waals surface area contributed by atoms with Gasteiger partial charge in [0, 0.05) is 16.9 Å². The molecule has 1 aliphatic rings. The van der Waals surface area contributed by atoms with E-state index in [4.69, 9.17) is 16.3 Å². The standard InChI is InChI=1S/C29H26ClN3O5/c1-4-18-8-5-6-11-23(18)32-26(34)19-12-14-21(15-13-19)31-25-24(30)27(35)33(28(25)36)22-10-7-9-20(16-22)29(37)38-17(2)3/h5-17,31H,4H2,1-3H3,(H,32,34). The summed E-state index contributed by atoms with van der Waals surface area (Å²) in [5.74, 6) is -2.24. The van der Waals surface area contributed by atoms with E-state index in [0.29, 0.717) is 11.3 Å². The average Bonchev–Trinajstić information content (AvgIpc) is 3.12. The number of rotatable bonds is 8. The number of imide groups is 1. The van der Waals surface area contributed by atoms with Gasteiger partial charge in [-0.05, 0) is 74.4 Å². The number of amides is 3. The molecule has 3 amide bonds. The number of carbonyl (C=O) groups excluding carboxylic acids is 4. The minimum absolute atomic E-state index is 0.110. The molecule has 3 aromatic carbocycles. The second-order valence-corrected chi connectivity index (χ2v) is 9.18. The van der Waals surface area contributed by atoms with Crippen molar-refractivity contribution >= 4 is 52.4 Å². The molecule has 0 unspecified atom stereocenters. The van der Waals surface area contributed by atoms with Crippen LogP contribution in [0.2, 0.25) is 0 Å². The number of para-hydroxylation sites is 1. The van der Waals surface area contributed by atoms with E-state index >= 15 is 0 Å². The third-order valence-electron chi connectivity index (χ3n) is 5.77. The highest BCUT2D eigenvalue weighted by Gasteiger charge is 2.39. The molecule has 38 heavy (non-hydrogen) atoms. The lowest BCUT2D eigenvalue weighted by molar-refractivity contribution is -0.120. The number of hydrogen-bond donors (Lipinski definition) is 2. The Labute approximate surface area is 225 Å². The van der Waals surface area contributed by atoms with E-state index in [1.165, 1.54) is 18.2 Å². The van der Waals surface area contributed by atoms with Gasteiger partial charge in [-0.3, -0.25) is 14.4 Å². The quantitative estimate of drug-likeness (QED) is 0.294. The van der Waals surface area contributed by atoms with Gasteiger partial charge < -0.3 is 15.4 Å². The molecule has 0 saturated carbocycles. The molecule has 2 N–H and O–H groups in total. The normalized spacial score (nSPS) is 13.2. The van der Waals surface area contributed by atoms with Gasteiger partial charge in [0.25, 0.3) is 17.7 Å². The van der Waals surface area contributed by atoms with Crippen LogP contribution in [0.15, 0.2) is 83.5 Å². The molecule has 0 fully saturated rings. The number of halogens is 1. The van der Waals surface area contributed by atoms with Crippen molar-refractivity contribution in [3.05, 3.63) is 100 Å². The molecule has 4 rings (SSSR count). The predicted octanol–water partition coefficient (Wildman–Crippen LogP) is 5.50. The molecule has 0 spiro atoms. The second kappa shape index (κ2) is 11.3. The number of hydrogen-bond acceptors (Lipinski definition) is 6. The van der Waals surface area contributed by atoms with Crippen molar-refractivity contribution in [1.29, 1.82) is 0 Å². The zero-order chi connectivity index (χ0) is 27.4. The Morgan fingerprint density at radius 1 is 0.921 bits per heavy atom. The molecule has 0 bridgehead atoms. The van der Waals surface area contributed by atoms with Crippen molar-refractivity contribution in [3.63, 3.8) is 0 Å². The third-order valence-corrected chi connectivity index (χ3v) is 6.12. The summed E-state index contributed by atoms with van der Waals surface area (Å²) in [6, 6.07) is 20.0. The Bertz CT molecular complexity index is 1450. The second-order valence-electron chi connectivity index (χ2n) is 8.81. The number of anilines is 3. The van der Waals surface area contributed by atoms with Crippen LogP contribution in [0.1, 0.15) is 47.1 Å². The Morgan fingerprint density at radius 3 is 2.32 bits per heavy atom. The first-order chi connectivity index (χ1) is 18.2. The number of nitrogens with one attached hydrogen (secondary N) is 2. The SMILES string of the molecule is CCc1ccccc1NC(=O)c1ccc(NC2=C(Cl)C(=O)N(c3cccc(C(=O)OC(C)C)c3)C2=O)cc1. The fraction of sp³-hybridized carbons (Fsp3) is 0.172. The van der Waals surface area contributed by atoms with Crippen LogP contribution < -0.4 is 15.5 Å². The molecule has 0 radical (unpaired) electrons. The van der Waals surface area contributed by atoms with Crippen LogP contribution in [0.4, 0.5) is 17.1 Å². The maximum Gasteiger partial charge on any atom is 0.338 e. The zero-order valence-electron chi connectivity index (χ0n) is 21.1. The minimum atomic E-state index is -0.723. The largest absolute Gasteiger partial charge is 0.459 e. The Balaban J connectivity index is 1.48. The lowest BCUT2D eigenvalue weighted by Crippen LogP contribution is -2.32. The molecule has 1 aliphatic heterocycles. The lowest BCUT2D eigenvalue weighted by atomic mass is 10.1. The smallest absolute Gasteiger partial charge is 0.338 e. The van der Waals surface area contributed by atoms with Crippen molar-refractivity contribution in [1.82, 2.24) is 0 Å². The Kier molecular flexibility index (Phi) is 7.93. The minimum Gasteiger partial charge on any atom is -0.459 e. The third kappa shape index (κ3) is 5.60. The number of benzene rings is 3. The van der Waals surface area contributed by atoms with E-state index in [1.54, 1.807) is 44.2 Å². The lowest BCUT2D eigenvalue weighted by Gasteiger charge is -2.16. The van der Waals surface area contributed by atoms with Crippen LogP contribution in [-0.4, -0.2) is 29.8 Å². The molecule has 0 aromatic heterocycles. The molecule has 9 heteroatoms. The maximum atomic E-state index is 13.1. The fourth-order valence-electron chi connectivity index (χ4n) is 3.89. The van der Waals surface area contributed by atoms with E-state index in [0.717, 1.165) is 22.6 Å². The van der Waals surface area contributed by atoms with Gasteiger partial charge in [0.2, 0.25) is 0 Å². The molecule has 1 heterocycles. The van der Waals surface area contributed by atoms with Crippen molar-refractivity contribution < 1.29 is 23.9 Å². The summed E-state index contributed by atoms with van der Waals surface area (Å²) in [6.07, 6.45) is 0.461. The monoisotopic (exact) mass is 531 g/mol. The van der Waals surface area contributed by atoms with E-state index < -0.39 is 17.8 Å². The van der Waals surface area contributed by atoms with Crippen LogP contribution in [0.25, 0.3) is 0 Å².